The van der Waals surface area contributed by atoms with Crippen molar-refractivity contribution in [2.24, 2.45) is 0 Å². The first-order chi connectivity index (χ1) is 15.2. The molecular formula is C22H23N5O3S. The highest BCUT2D eigenvalue weighted by molar-refractivity contribution is 7.98. The van der Waals surface area contributed by atoms with Crippen LogP contribution in [0.3, 0.4) is 0 Å². The molecule has 1 N–H and O–H groups in total. The number of aromatic nitrogens is 4. The van der Waals surface area contributed by atoms with E-state index in [0.717, 1.165) is 34.9 Å². The van der Waals surface area contributed by atoms with Crippen LogP contribution in [0.25, 0.3) is 11.3 Å². The van der Waals surface area contributed by atoms with Crippen LogP contribution in [-0.2, 0) is 16.9 Å². The lowest BCUT2D eigenvalue weighted by Crippen LogP contribution is -2.37. The van der Waals surface area contributed by atoms with Gasteiger partial charge in [-0.2, -0.15) is 22.0 Å². The minimum Gasteiger partial charge on any atom is -0.497 e. The summed E-state index contributed by atoms with van der Waals surface area (Å²) < 4.78 is 12.5. The molecule has 9 heteroatoms. The van der Waals surface area contributed by atoms with Crippen molar-refractivity contribution >= 4 is 17.6 Å². The van der Waals surface area contributed by atoms with Crippen molar-refractivity contribution in [1.29, 1.82) is 0 Å². The summed E-state index contributed by atoms with van der Waals surface area (Å²) >= 11 is 1.91. The maximum atomic E-state index is 12.7. The third-order valence-electron chi connectivity index (χ3n) is 5.59. The minimum absolute atomic E-state index is 0.130. The first-order valence-corrected chi connectivity index (χ1v) is 11.4. The van der Waals surface area contributed by atoms with Crippen LogP contribution in [-0.4, -0.2) is 52.1 Å². The Morgan fingerprint density at radius 3 is 3.03 bits per heavy atom. The van der Waals surface area contributed by atoms with Crippen molar-refractivity contribution in [2.75, 3.05) is 31.4 Å². The second-order valence-corrected chi connectivity index (χ2v) is 8.70. The number of fused-ring (bicyclic) bond motifs is 1. The number of thioether (sulfide) groups is 1. The lowest BCUT2D eigenvalue weighted by Gasteiger charge is -2.22. The number of hydrogen-bond donors (Lipinski definition) is 1. The summed E-state index contributed by atoms with van der Waals surface area (Å²) in [5, 5.41) is 16.8. The number of ether oxygens (including phenoxy) is 2. The zero-order valence-corrected chi connectivity index (χ0v) is 18.0. The molecule has 2 aliphatic heterocycles. The standard InChI is InChI=1S/C22H23N5O3S/c1-29-16-4-2-3-14(9-16)18-5-6-22(28)27(26-18)20-12-30-11-19(20)23-21-10-15-13-31-8-7-17(15)24-25-21/h2-6,9-10,19-20H,7-8,11-13H2,1H3,(H,23,25). The molecule has 160 valence electrons. The van der Waals surface area contributed by atoms with Crippen molar-refractivity contribution in [3.63, 3.8) is 0 Å². The highest BCUT2D eigenvalue weighted by atomic mass is 32.2. The van der Waals surface area contributed by atoms with Crippen LogP contribution >= 0.6 is 11.8 Å². The van der Waals surface area contributed by atoms with Crippen LogP contribution in [0, 0.1) is 0 Å². The summed E-state index contributed by atoms with van der Waals surface area (Å²) in [4.78, 5) is 12.7. The van der Waals surface area contributed by atoms with Crippen molar-refractivity contribution in [2.45, 2.75) is 24.3 Å². The smallest absolute Gasteiger partial charge is 0.267 e. The fourth-order valence-electron chi connectivity index (χ4n) is 3.92. The molecule has 0 spiro atoms. The van der Waals surface area contributed by atoms with Gasteiger partial charge in [0.2, 0.25) is 0 Å². The number of nitrogens with one attached hydrogen (secondary N) is 1. The summed E-state index contributed by atoms with van der Waals surface area (Å²) in [7, 11) is 1.63. The van der Waals surface area contributed by atoms with Crippen LogP contribution in [0.1, 0.15) is 17.3 Å². The first-order valence-electron chi connectivity index (χ1n) is 10.2. The molecule has 0 amide bonds. The van der Waals surface area contributed by atoms with Crippen molar-refractivity contribution < 1.29 is 9.47 Å². The van der Waals surface area contributed by atoms with E-state index in [2.05, 4.69) is 26.7 Å². The lowest BCUT2D eigenvalue weighted by molar-refractivity contribution is 0.183. The van der Waals surface area contributed by atoms with Crippen LogP contribution in [0.4, 0.5) is 5.82 Å². The molecule has 0 aliphatic carbocycles. The van der Waals surface area contributed by atoms with Crippen LogP contribution in [0.5, 0.6) is 5.75 Å². The Balaban J connectivity index is 1.42. The van der Waals surface area contributed by atoms with Crippen molar-refractivity contribution in [1.82, 2.24) is 20.0 Å². The second kappa shape index (κ2) is 8.68. The summed E-state index contributed by atoms with van der Waals surface area (Å²) in [6.07, 6.45) is 0.957. The molecule has 2 aliphatic rings. The van der Waals surface area contributed by atoms with Crippen LogP contribution in [0.15, 0.2) is 47.3 Å². The Kier molecular flexibility index (Phi) is 5.61. The minimum atomic E-state index is -0.245. The average molecular weight is 438 g/mol. The van der Waals surface area contributed by atoms with E-state index in [9.17, 15) is 4.79 Å². The molecule has 5 rings (SSSR count). The quantitative estimate of drug-likeness (QED) is 0.651. The van der Waals surface area contributed by atoms with E-state index in [1.165, 1.54) is 10.2 Å². The molecule has 0 bridgehead atoms. The van der Waals surface area contributed by atoms with Crippen LogP contribution < -0.4 is 15.6 Å². The third-order valence-corrected chi connectivity index (χ3v) is 6.60. The predicted molar refractivity (Wildman–Crippen MR) is 120 cm³/mol. The highest BCUT2D eigenvalue weighted by Crippen LogP contribution is 2.27. The molecule has 1 saturated heterocycles. The largest absolute Gasteiger partial charge is 0.497 e. The Labute approximate surface area is 184 Å². The molecule has 8 nitrogen and oxygen atoms in total. The number of rotatable bonds is 5. The summed E-state index contributed by atoms with van der Waals surface area (Å²) in [6.45, 7) is 0.871. The molecule has 3 aromatic rings. The average Bonchev–Trinajstić information content (AvgIpc) is 3.27. The maximum absolute atomic E-state index is 12.7. The normalized spacial score (nSPS) is 20.3. The topological polar surface area (TPSA) is 91.2 Å². The number of benzene rings is 1. The zero-order valence-electron chi connectivity index (χ0n) is 17.2. The monoisotopic (exact) mass is 437 g/mol. The summed E-state index contributed by atoms with van der Waals surface area (Å²) in [5.74, 6) is 3.49. The Hall–Kier alpha value is -2.91. The van der Waals surface area contributed by atoms with Gasteiger partial charge in [0, 0.05) is 23.8 Å². The van der Waals surface area contributed by atoms with E-state index in [4.69, 9.17) is 9.47 Å². The van der Waals surface area contributed by atoms with Gasteiger partial charge in [-0.15, -0.1) is 5.10 Å². The van der Waals surface area contributed by atoms with Gasteiger partial charge in [-0.05, 0) is 35.6 Å². The van der Waals surface area contributed by atoms with E-state index in [-0.39, 0.29) is 17.6 Å². The fraction of sp³-hybridized carbons (Fsp3) is 0.364. The number of methoxy groups -OCH3 is 1. The third kappa shape index (κ3) is 4.15. The molecule has 2 atom stereocenters. The van der Waals surface area contributed by atoms with Gasteiger partial charge in [0.05, 0.1) is 37.8 Å². The number of anilines is 1. The van der Waals surface area contributed by atoms with Gasteiger partial charge >= 0.3 is 0 Å². The van der Waals surface area contributed by atoms with Gasteiger partial charge in [0.1, 0.15) is 17.6 Å². The van der Waals surface area contributed by atoms with E-state index in [0.29, 0.717) is 24.7 Å². The van der Waals surface area contributed by atoms with Gasteiger partial charge in [0.25, 0.3) is 5.56 Å². The Bertz CT molecular complexity index is 1150. The second-order valence-electron chi connectivity index (χ2n) is 7.59. The molecule has 1 fully saturated rings. The number of nitrogens with zero attached hydrogens (tertiary/aromatic N) is 4. The van der Waals surface area contributed by atoms with E-state index in [1.807, 2.05) is 36.0 Å². The fourth-order valence-corrected chi connectivity index (χ4v) is 4.88. The predicted octanol–water partition coefficient (Wildman–Crippen LogP) is 2.55. The summed E-state index contributed by atoms with van der Waals surface area (Å²) in [6, 6.07) is 12.6. The van der Waals surface area contributed by atoms with Gasteiger partial charge in [0.15, 0.2) is 0 Å². The van der Waals surface area contributed by atoms with E-state index in [1.54, 1.807) is 19.2 Å². The molecule has 4 heterocycles. The van der Waals surface area contributed by atoms with E-state index >= 15 is 0 Å². The molecule has 0 saturated carbocycles. The lowest BCUT2D eigenvalue weighted by atomic mass is 10.1. The Morgan fingerprint density at radius 2 is 2.13 bits per heavy atom. The molecule has 2 aromatic heterocycles. The van der Waals surface area contributed by atoms with Gasteiger partial charge in [-0.25, -0.2) is 4.68 Å². The van der Waals surface area contributed by atoms with Gasteiger partial charge in [-0.1, -0.05) is 12.1 Å². The van der Waals surface area contributed by atoms with Gasteiger partial charge in [-0.3, -0.25) is 4.79 Å². The maximum Gasteiger partial charge on any atom is 0.267 e. The Morgan fingerprint density at radius 1 is 1.19 bits per heavy atom. The summed E-state index contributed by atoms with van der Waals surface area (Å²) in [5.41, 5.74) is 3.72. The van der Waals surface area contributed by atoms with Crippen molar-refractivity contribution in [3.8, 4) is 17.0 Å². The number of aryl methyl sites for hydroxylation is 1. The first kappa shape index (κ1) is 20.0. The molecular weight excluding hydrogens is 414 g/mol. The molecule has 31 heavy (non-hydrogen) atoms. The zero-order chi connectivity index (χ0) is 21.2. The van der Waals surface area contributed by atoms with Gasteiger partial charge < -0.3 is 14.8 Å². The SMILES string of the molecule is COc1cccc(-c2ccc(=O)n(C3COCC3Nc3cc4c(nn3)CCSC4)n2)c1. The number of hydrogen-bond acceptors (Lipinski definition) is 8. The molecule has 1 aromatic carbocycles. The molecule has 0 radical (unpaired) electrons. The van der Waals surface area contributed by atoms with Crippen molar-refractivity contribution in [3.05, 3.63) is 64.1 Å². The highest BCUT2D eigenvalue weighted by Gasteiger charge is 2.32. The van der Waals surface area contributed by atoms with Crippen LogP contribution in [0.2, 0.25) is 0 Å². The van der Waals surface area contributed by atoms with E-state index < -0.39 is 0 Å². The molecule has 2 unspecified atom stereocenters.